The van der Waals surface area contributed by atoms with Gasteiger partial charge in [-0.25, -0.2) is 0 Å². The lowest BCUT2D eigenvalue weighted by atomic mass is 9.95. The van der Waals surface area contributed by atoms with Gasteiger partial charge < -0.3 is 15.7 Å². The Morgan fingerprint density at radius 3 is 2.26 bits per heavy atom. The molecule has 0 spiro atoms. The summed E-state index contributed by atoms with van der Waals surface area (Å²) >= 11 is 0. The van der Waals surface area contributed by atoms with Crippen LogP contribution in [0.15, 0.2) is 0 Å². The summed E-state index contributed by atoms with van der Waals surface area (Å²) in [6.45, 7) is 0.0353. The molecule has 5 nitrogen and oxygen atoms in total. The largest absolute Gasteiger partial charge is 0.481 e. The number of nitrogens with zero attached hydrogens (tertiary/aromatic N) is 1. The third kappa shape index (κ3) is 4.70. The number of piperidine rings is 1. The molecular formula is C11H17F3N2O3. The third-order valence-electron chi connectivity index (χ3n) is 3.26. The maximum absolute atomic E-state index is 12.4. The average molecular weight is 282 g/mol. The molecular weight excluding hydrogens is 265 g/mol. The number of amides is 1. The van der Waals surface area contributed by atoms with Gasteiger partial charge in [-0.3, -0.25) is 9.59 Å². The van der Waals surface area contributed by atoms with Crippen LogP contribution in [0.5, 0.6) is 0 Å². The van der Waals surface area contributed by atoms with E-state index in [9.17, 15) is 22.8 Å². The number of carboxylic acids is 1. The maximum Gasteiger partial charge on any atom is 0.391 e. The van der Waals surface area contributed by atoms with Gasteiger partial charge in [0.05, 0.1) is 12.0 Å². The lowest BCUT2D eigenvalue weighted by Gasteiger charge is -2.34. The SMILES string of the molecule is NC(CCC(=O)O)C(=O)N1CCC(C(F)(F)F)CC1. The van der Waals surface area contributed by atoms with Gasteiger partial charge in [-0.1, -0.05) is 0 Å². The second kappa shape index (κ2) is 6.23. The molecule has 0 radical (unpaired) electrons. The van der Waals surface area contributed by atoms with Crippen LogP contribution in [0, 0.1) is 5.92 Å². The number of hydrogen-bond acceptors (Lipinski definition) is 3. The average Bonchev–Trinajstić information content (AvgIpc) is 2.34. The van der Waals surface area contributed by atoms with Crippen LogP contribution >= 0.6 is 0 Å². The molecule has 0 aromatic heterocycles. The number of nitrogens with two attached hydrogens (primary N) is 1. The van der Waals surface area contributed by atoms with E-state index >= 15 is 0 Å². The zero-order valence-corrected chi connectivity index (χ0v) is 10.3. The van der Waals surface area contributed by atoms with Crippen LogP contribution in [-0.2, 0) is 9.59 Å². The van der Waals surface area contributed by atoms with Crippen LogP contribution in [-0.4, -0.2) is 47.2 Å². The van der Waals surface area contributed by atoms with Crippen molar-refractivity contribution in [2.45, 2.75) is 37.9 Å². The molecule has 1 rings (SSSR count). The Balaban J connectivity index is 2.42. The van der Waals surface area contributed by atoms with Crippen molar-refractivity contribution in [2.75, 3.05) is 13.1 Å². The van der Waals surface area contributed by atoms with E-state index in [0.717, 1.165) is 0 Å². The molecule has 1 fully saturated rings. The molecule has 0 saturated carbocycles. The normalized spacial score (nSPS) is 19.3. The van der Waals surface area contributed by atoms with E-state index in [2.05, 4.69) is 0 Å². The Morgan fingerprint density at radius 1 is 1.32 bits per heavy atom. The number of aliphatic carboxylic acids is 1. The lowest BCUT2D eigenvalue weighted by Crippen LogP contribution is -2.48. The van der Waals surface area contributed by atoms with Crippen LogP contribution in [0.25, 0.3) is 0 Å². The Morgan fingerprint density at radius 2 is 1.84 bits per heavy atom. The van der Waals surface area contributed by atoms with Gasteiger partial charge in [0, 0.05) is 19.5 Å². The summed E-state index contributed by atoms with van der Waals surface area (Å²) in [4.78, 5) is 23.4. The number of carboxylic acid groups (broad SMARTS) is 1. The Labute approximate surface area is 108 Å². The fourth-order valence-electron chi connectivity index (χ4n) is 2.06. The molecule has 110 valence electrons. The van der Waals surface area contributed by atoms with Crippen LogP contribution in [0.4, 0.5) is 13.2 Å². The first-order valence-corrected chi connectivity index (χ1v) is 6.04. The van der Waals surface area contributed by atoms with Crippen molar-refractivity contribution in [1.29, 1.82) is 0 Å². The lowest BCUT2D eigenvalue weighted by molar-refractivity contribution is -0.186. The predicted molar refractivity (Wildman–Crippen MR) is 60.2 cm³/mol. The highest BCUT2D eigenvalue weighted by atomic mass is 19.4. The van der Waals surface area contributed by atoms with E-state index in [1.165, 1.54) is 4.90 Å². The topological polar surface area (TPSA) is 83.6 Å². The molecule has 1 aliphatic rings. The predicted octanol–water partition coefficient (Wildman–Crippen LogP) is 0.979. The molecule has 1 heterocycles. The number of alkyl halides is 3. The Kier molecular flexibility index (Phi) is 5.16. The van der Waals surface area contributed by atoms with Crippen LogP contribution in [0.2, 0.25) is 0 Å². The van der Waals surface area contributed by atoms with Crippen molar-refractivity contribution in [3.63, 3.8) is 0 Å². The first kappa shape index (κ1) is 15.7. The second-order valence-electron chi connectivity index (χ2n) is 4.68. The fourth-order valence-corrected chi connectivity index (χ4v) is 2.06. The minimum Gasteiger partial charge on any atom is -0.481 e. The molecule has 1 aliphatic heterocycles. The van der Waals surface area contributed by atoms with E-state index in [0.29, 0.717) is 0 Å². The first-order chi connectivity index (χ1) is 8.71. The second-order valence-corrected chi connectivity index (χ2v) is 4.68. The van der Waals surface area contributed by atoms with Crippen molar-refractivity contribution < 1.29 is 27.9 Å². The fraction of sp³-hybridized carbons (Fsp3) is 0.818. The zero-order valence-electron chi connectivity index (χ0n) is 10.3. The van der Waals surface area contributed by atoms with Crippen LogP contribution in [0.1, 0.15) is 25.7 Å². The van der Waals surface area contributed by atoms with Crippen LogP contribution in [0.3, 0.4) is 0 Å². The van der Waals surface area contributed by atoms with E-state index < -0.39 is 30.0 Å². The van der Waals surface area contributed by atoms with Gasteiger partial charge in [0.2, 0.25) is 5.91 Å². The van der Waals surface area contributed by atoms with Crippen molar-refractivity contribution >= 4 is 11.9 Å². The van der Waals surface area contributed by atoms with Gasteiger partial charge in [-0.05, 0) is 19.3 Å². The summed E-state index contributed by atoms with van der Waals surface area (Å²) in [5.74, 6) is -2.90. The van der Waals surface area contributed by atoms with Gasteiger partial charge in [0.15, 0.2) is 0 Å². The molecule has 3 N–H and O–H groups in total. The van der Waals surface area contributed by atoms with Crippen molar-refractivity contribution in [1.82, 2.24) is 4.90 Å². The highest BCUT2D eigenvalue weighted by Gasteiger charge is 2.42. The number of likely N-dealkylation sites (tertiary alicyclic amines) is 1. The standard InChI is InChI=1S/C11H17F3N2O3/c12-11(13,14)7-3-5-16(6-4-7)10(19)8(15)1-2-9(17)18/h7-8H,1-6,15H2,(H,17,18). The number of hydrogen-bond donors (Lipinski definition) is 2. The smallest absolute Gasteiger partial charge is 0.391 e. The first-order valence-electron chi connectivity index (χ1n) is 6.04. The molecule has 8 heteroatoms. The number of carbonyl (C=O) groups excluding carboxylic acids is 1. The number of rotatable bonds is 4. The summed E-state index contributed by atoms with van der Waals surface area (Å²) in [5.41, 5.74) is 5.54. The number of carbonyl (C=O) groups is 2. The summed E-state index contributed by atoms with van der Waals surface area (Å²) < 4.78 is 37.3. The molecule has 1 unspecified atom stereocenters. The van der Waals surface area contributed by atoms with Crippen molar-refractivity contribution in [2.24, 2.45) is 11.7 Å². The molecule has 0 aromatic carbocycles. The monoisotopic (exact) mass is 282 g/mol. The van der Waals surface area contributed by atoms with Gasteiger partial charge >= 0.3 is 12.1 Å². The summed E-state index contributed by atoms with van der Waals surface area (Å²) in [6, 6.07) is -0.960. The van der Waals surface area contributed by atoms with Gasteiger partial charge in [-0.2, -0.15) is 13.2 Å². The van der Waals surface area contributed by atoms with Crippen molar-refractivity contribution in [3.05, 3.63) is 0 Å². The maximum atomic E-state index is 12.4. The molecule has 0 aliphatic carbocycles. The van der Waals surface area contributed by atoms with E-state index in [1.807, 2.05) is 0 Å². The molecule has 19 heavy (non-hydrogen) atoms. The summed E-state index contributed by atoms with van der Waals surface area (Å²) in [5, 5.41) is 8.47. The molecule has 1 saturated heterocycles. The summed E-state index contributed by atoms with van der Waals surface area (Å²) in [6.07, 6.45) is -4.71. The minimum absolute atomic E-state index is 0.00658. The molecule has 1 atom stereocenters. The highest BCUT2D eigenvalue weighted by Crippen LogP contribution is 2.34. The van der Waals surface area contributed by atoms with E-state index in [1.54, 1.807) is 0 Å². The minimum atomic E-state index is -4.22. The van der Waals surface area contributed by atoms with E-state index in [-0.39, 0.29) is 38.8 Å². The highest BCUT2D eigenvalue weighted by molar-refractivity contribution is 5.82. The molecule has 0 bridgehead atoms. The summed E-state index contributed by atoms with van der Waals surface area (Å²) in [7, 11) is 0. The van der Waals surface area contributed by atoms with E-state index in [4.69, 9.17) is 10.8 Å². The Hall–Kier alpha value is -1.31. The van der Waals surface area contributed by atoms with Crippen molar-refractivity contribution in [3.8, 4) is 0 Å². The Bertz CT molecular complexity index is 339. The van der Waals surface area contributed by atoms with Gasteiger partial charge in [-0.15, -0.1) is 0 Å². The molecule has 0 aromatic rings. The van der Waals surface area contributed by atoms with Gasteiger partial charge in [0.1, 0.15) is 0 Å². The zero-order chi connectivity index (χ0) is 14.6. The molecule has 1 amide bonds. The number of halogens is 3. The van der Waals surface area contributed by atoms with Crippen LogP contribution < -0.4 is 5.73 Å². The quantitative estimate of drug-likeness (QED) is 0.805. The third-order valence-corrected chi connectivity index (χ3v) is 3.26. The van der Waals surface area contributed by atoms with Gasteiger partial charge in [0.25, 0.3) is 0 Å².